The molecule has 0 amide bonds. The fourth-order valence-corrected chi connectivity index (χ4v) is 2.54. The predicted molar refractivity (Wildman–Crippen MR) is 61.5 cm³/mol. The Balaban J connectivity index is 1.89. The van der Waals surface area contributed by atoms with E-state index in [0.29, 0.717) is 0 Å². The van der Waals surface area contributed by atoms with E-state index in [1.807, 2.05) is 0 Å². The molecule has 3 nitrogen and oxygen atoms in total. The molecule has 0 aromatic rings. The molecular formula is C12H23NO2. The largest absolute Gasteiger partial charge is 0.265 e. The number of unbranched alkanes of at least 4 members (excludes halogenated alkanes) is 2. The van der Waals surface area contributed by atoms with Gasteiger partial charge in [0.1, 0.15) is 0 Å². The summed E-state index contributed by atoms with van der Waals surface area (Å²) in [6.45, 7) is 2.40. The van der Waals surface area contributed by atoms with E-state index in [-0.39, 0.29) is 11.5 Å². The molecule has 3 heteroatoms. The lowest BCUT2D eigenvalue weighted by atomic mass is 9.71. The zero-order valence-corrected chi connectivity index (χ0v) is 9.78. The van der Waals surface area contributed by atoms with Gasteiger partial charge in [-0.15, -0.1) is 0 Å². The quantitative estimate of drug-likeness (QED) is 0.351. The van der Waals surface area contributed by atoms with Crippen LogP contribution in [0.2, 0.25) is 0 Å². The summed E-state index contributed by atoms with van der Waals surface area (Å²) in [5.74, 6) is 1.74. The standard InChI is InChI=1S/C12H23NO2/c1-2-3-4-6-11-9-12(10-11)7-5-8-13(14)15/h11-12H,2-10H2,1H3. The molecule has 0 unspecified atom stereocenters. The van der Waals surface area contributed by atoms with E-state index >= 15 is 0 Å². The normalized spacial score (nSPS) is 24.9. The number of nitro groups is 1. The van der Waals surface area contributed by atoms with Crippen LogP contribution in [0.1, 0.15) is 58.3 Å². The maximum atomic E-state index is 10.1. The molecular weight excluding hydrogens is 190 g/mol. The third-order valence-corrected chi connectivity index (χ3v) is 3.50. The molecule has 0 aromatic heterocycles. The van der Waals surface area contributed by atoms with Crippen molar-refractivity contribution in [3.63, 3.8) is 0 Å². The Morgan fingerprint density at radius 1 is 1.13 bits per heavy atom. The zero-order valence-electron chi connectivity index (χ0n) is 9.78. The van der Waals surface area contributed by atoms with Gasteiger partial charge in [0, 0.05) is 11.3 Å². The maximum absolute atomic E-state index is 10.1. The van der Waals surface area contributed by atoms with Crippen LogP contribution < -0.4 is 0 Å². The second kappa shape index (κ2) is 6.81. The molecule has 0 atom stereocenters. The highest BCUT2D eigenvalue weighted by atomic mass is 16.6. The molecule has 1 aliphatic carbocycles. The van der Waals surface area contributed by atoms with Crippen molar-refractivity contribution < 1.29 is 4.92 Å². The van der Waals surface area contributed by atoms with Gasteiger partial charge in [-0.3, -0.25) is 10.1 Å². The summed E-state index contributed by atoms with van der Waals surface area (Å²) in [5.41, 5.74) is 0. The van der Waals surface area contributed by atoms with Gasteiger partial charge in [-0.2, -0.15) is 0 Å². The first-order valence-corrected chi connectivity index (χ1v) is 6.34. The van der Waals surface area contributed by atoms with Crippen molar-refractivity contribution in [2.75, 3.05) is 6.54 Å². The summed E-state index contributed by atoms with van der Waals surface area (Å²) in [5, 5.41) is 10.1. The molecule has 0 heterocycles. The fraction of sp³-hybridized carbons (Fsp3) is 1.00. The lowest BCUT2D eigenvalue weighted by Crippen LogP contribution is -2.24. The zero-order chi connectivity index (χ0) is 11.1. The smallest absolute Gasteiger partial charge is 0.203 e. The van der Waals surface area contributed by atoms with Gasteiger partial charge in [0.2, 0.25) is 6.54 Å². The molecule has 88 valence electrons. The van der Waals surface area contributed by atoms with Gasteiger partial charge in [0.05, 0.1) is 0 Å². The van der Waals surface area contributed by atoms with E-state index in [1.54, 1.807) is 0 Å². The predicted octanol–water partition coefficient (Wildman–Crippen LogP) is 3.65. The molecule has 0 aliphatic heterocycles. The molecule has 0 radical (unpaired) electrons. The third kappa shape index (κ3) is 5.14. The Morgan fingerprint density at radius 2 is 1.73 bits per heavy atom. The van der Waals surface area contributed by atoms with Gasteiger partial charge in [0.25, 0.3) is 0 Å². The summed E-state index contributed by atoms with van der Waals surface area (Å²) < 4.78 is 0. The van der Waals surface area contributed by atoms with Crippen molar-refractivity contribution in [1.29, 1.82) is 0 Å². The topological polar surface area (TPSA) is 43.1 Å². The van der Waals surface area contributed by atoms with Crippen molar-refractivity contribution in [2.45, 2.75) is 58.3 Å². The first kappa shape index (κ1) is 12.5. The Kier molecular flexibility index (Phi) is 5.66. The summed E-state index contributed by atoms with van der Waals surface area (Å²) in [6.07, 6.45) is 9.96. The minimum atomic E-state index is -0.197. The van der Waals surface area contributed by atoms with Crippen LogP contribution in [0.5, 0.6) is 0 Å². The molecule has 1 aliphatic rings. The molecule has 0 aromatic carbocycles. The summed E-state index contributed by atoms with van der Waals surface area (Å²) >= 11 is 0. The average Bonchev–Trinajstić information content (AvgIpc) is 2.12. The van der Waals surface area contributed by atoms with Crippen molar-refractivity contribution in [3.8, 4) is 0 Å². The maximum Gasteiger partial charge on any atom is 0.203 e. The number of rotatable bonds is 8. The minimum absolute atomic E-state index is 0.164. The van der Waals surface area contributed by atoms with Crippen LogP contribution in [0.4, 0.5) is 0 Å². The van der Waals surface area contributed by atoms with Gasteiger partial charge in [-0.05, 0) is 31.1 Å². The Morgan fingerprint density at radius 3 is 2.27 bits per heavy atom. The van der Waals surface area contributed by atoms with Gasteiger partial charge in [-0.1, -0.05) is 32.6 Å². The van der Waals surface area contributed by atoms with Crippen LogP contribution in [0, 0.1) is 22.0 Å². The van der Waals surface area contributed by atoms with E-state index in [4.69, 9.17) is 0 Å². The Bertz CT molecular complexity index is 188. The highest BCUT2D eigenvalue weighted by Gasteiger charge is 2.28. The molecule has 15 heavy (non-hydrogen) atoms. The molecule has 1 saturated carbocycles. The Labute approximate surface area is 92.4 Å². The van der Waals surface area contributed by atoms with Crippen LogP contribution >= 0.6 is 0 Å². The van der Waals surface area contributed by atoms with Gasteiger partial charge in [0.15, 0.2) is 0 Å². The molecule has 1 rings (SSSR count). The number of hydrogen-bond donors (Lipinski definition) is 0. The minimum Gasteiger partial charge on any atom is -0.265 e. The summed E-state index contributed by atoms with van der Waals surface area (Å²) in [7, 11) is 0. The molecule has 0 N–H and O–H groups in total. The van der Waals surface area contributed by atoms with Crippen LogP contribution in [0.25, 0.3) is 0 Å². The van der Waals surface area contributed by atoms with Crippen molar-refractivity contribution in [2.24, 2.45) is 11.8 Å². The summed E-state index contributed by atoms with van der Waals surface area (Å²) in [4.78, 5) is 9.93. The van der Waals surface area contributed by atoms with E-state index in [9.17, 15) is 10.1 Å². The first-order valence-electron chi connectivity index (χ1n) is 6.34. The molecule has 0 spiro atoms. The van der Waals surface area contributed by atoms with Gasteiger partial charge >= 0.3 is 0 Å². The lowest BCUT2D eigenvalue weighted by molar-refractivity contribution is -0.480. The Hall–Kier alpha value is -0.600. The highest BCUT2D eigenvalue weighted by Crippen LogP contribution is 2.39. The highest BCUT2D eigenvalue weighted by molar-refractivity contribution is 4.79. The SMILES string of the molecule is CCCCCC1CC(CCC[N+](=O)[O-])C1. The van der Waals surface area contributed by atoms with Gasteiger partial charge in [-0.25, -0.2) is 0 Å². The monoisotopic (exact) mass is 213 g/mol. The van der Waals surface area contributed by atoms with E-state index < -0.39 is 0 Å². The van der Waals surface area contributed by atoms with E-state index in [0.717, 1.165) is 24.7 Å². The number of nitrogens with zero attached hydrogens (tertiary/aromatic N) is 1. The van der Waals surface area contributed by atoms with Crippen LogP contribution in [-0.4, -0.2) is 11.5 Å². The molecule has 1 fully saturated rings. The second-order valence-electron chi connectivity index (χ2n) is 4.90. The lowest BCUT2D eigenvalue weighted by Gasteiger charge is -2.35. The fourth-order valence-electron chi connectivity index (χ4n) is 2.54. The van der Waals surface area contributed by atoms with Crippen molar-refractivity contribution in [3.05, 3.63) is 10.1 Å². The van der Waals surface area contributed by atoms with Crippen LogP contribution in [-0.2, 0) is 0 Å². The van der Waals surface area contributed by atoms with Crippen molar-refractivity contribution in [1.82, 2.24) is 0 Å². The number of hydrogen-bond acceptors (Lipinski definition) is 2. The molecule has 0 saturated heterocycles. The first-order chi connectivity index (χ1) is 7.22. The van der Waals surface area contributed by atoms with Crippen LogP contribution in [0.3, 0.4) is 0 Å². The third-order valence-electron chi connectivity index (χ3n) is 3.50. The second-order valence-corrected chi connectivity index (χ2v) is 4.90. The average molecular weight is 213 g/mol. The summed E-state index contributed by atoms with van der Waals surface area (Å²) in [6, 6.07) is 0. The van der Waals surface area contributed by atoms with E-state index in [2.05, 4.69) is 6.92 Å². The molecule has 0 bridgehead atoms. The van der Waals surface area contributed by atoms with Crippen LogP contribution in [0.15, 0.2) is 0 Å². The van der Waals surface area contributed by atoms with Gasteiger partial charge < -0.3 is 0 Å². The van der Waals surface area contributed by atoms with Crippen molar-refractivity contribution >= 4 is 0 Å². The van der Waals surface area contributed by atoms with E-state index in [1.165, 1.54) is 38.5 Å².